The summed E-state index contributed by atoms with van der Waals surface area (Å²) in [5, 5.41) is 4.29. The van der Waals surface area contributed by atoms with Gasteiger partial charge in [-0.2, -0.15) is 0 Å². The van der Waals surface area contributed by atoms with Crippen LogP contribution in [0, 0.1) is 0 Å². The van der Waals surface area contributed by atoms with Gasteiger partial charge in [0.2, 0.25) is 0 Å². The van der Waals surface area contributed by atoms with E-state index >= 15 is 0 Å². The van der Waals surface area contributed by atoms with Crippen LogP contribution < -0.4 is 10.1 Å². The number of rotatable bonds is 4. The van der Waals surface area contributed by atoms with Crippen LogP contribution in [-0.2, 0) is 0 Å². The Hall–Kier alpha value is -2.14. The molecule has 0 saturated heterocycles. The van der Waals surface area contributed by atoms with Gasteiger partial charge >= 0.3 is 0 Å². The maximum Gasteiger partial charge on any atom is 0.141 e. The summed E-state index contributed by atoms with van der Waals surface area (Å²) in [6.07, 6.45) is 1.56. The molecule has 1 N–H and O–H groups in total. The first kappa shape index (κ1) is 13.8. The number of benzene rings is 2. The van der Waals surface area contributed by atoms with E-state index in [2.05, 4.69) is 31.2 Å². The number of hydrogen-bond donors (Lipinski definition) is 1. The SMILES string of the molecule is CCOc1ccc(Nc2ncnc3ccc(Br)cc23)cc1. The van der Waals surface area contributed by atoms with Crippen molar-refractivity contribution in [1.82, 2.24) is 9.97 Å². The molecule has 0 amide bonds. The number of ether oxygens (including phenoxy) is 1. The minimum absolute atomic E-state index is 0.664. The molecular formula is C16H14BrN3O. The van der Waals surface area contributed by atoms with Crippen molar-refractivity contribution in [2.45, 2.75) is 6.92 Å². The molecule has 0 fully saturated rings. The van der Waals surface area contributed by atoms with Crippen LogP contribution in [0.1, 0.15) is 6.92 Å². The highest BCUT2D eigenvalue weighted by molar-refractivity contribution is 9.10. The average molecular weight is 344 g/mol. The van der Waals surface area contributed by atoms with Crippen LogP contribution in [0.4, 0.5) is 11.5 Å². The fourth-order valence-electron chi connectivity index (χ4n) is 2.07. The molecule has 0 bridgehead atoms. The van der Waals surface area contributed by atoms with Crippen molar-refractivity contribution in [2.75, 3.05) is 11.9 Å². The van der Waals surface area contributed by atoms with Crippen LogP contribution in [0.5, 0.6) is 5.75 Å². The van der Waals surface area contributed by atoms with Gasteiger partial charge < -0.3 is 10.1 Å². The van der Waals surface area contributed by atoms with Gasteiger partial charge in [0.05, 0.1) is 12.1 Å². The Labute approximate surface area is 131 Å². The zero-order chi connectivity index (χ0) is 14.7. The Bertz CT molecular complexity index is 759. The van der Waals surface area contributed by atoms with Gasteiger partial charge in [-0.15, -0.1) is 0 Å². The molecule has 0 aliphatic rings. The fraction of sp³-hybridized carbons (Fsp3) is 0.125. The third-order valence-corrected chi connectivity index (χ3v) is 3.52. The first-order valence-corrected chi connectivity index (χ1v) is 7.45. The minimum Gasteiger partial charge on any atom is -0.494 e. The second-order valence-electron chi connectivity index (χ2n) is 4.47. The normalized spacial score (nSPS) is 10.6. The van der Waals surface area contributed by atoms with Crippen LogP contribution in [0.2, 0.25) is 0 Å². The van der Waals surface area contributed by atoms with Crippen molar-refractivity contribution < 1.29 is 4.74 Å². The van der Waals surface area contributed by atoms with Gasteiger partial charge in [-0.3, -0.25) is 0 Å². The fourth-order valence-corrected chi connectivity index (χ4v) is 2.43. The number of anilines is 2. The maximum atomic E-state index is 5.44. The first-order valence-electron chi connectivity index (χ1n) is 6.66. The largest absolute Gasteiger partial charge is 0.494 e. The summed E-state index contributed by atoms with van der Waals surface area (Å²) in [4.78, 5) is 8.60. The lowest BCUT2D eigenvalue weighted by atomic mass is 10.2. The topological polar surface area (TPSA) is 47.0 Å². The highest BCUT2D eigenvalue weighted by Gasteiger charge is 2.05. The van der Waals surface area contributed by atoms with Crippen molar-refractivity contribution in [3.05, 3.63) is 53.3 Å². The van der Waals surface area contributed by atoms with Crippen LogP contribution in [-0.4, -0.2) is 16.6 Å². The van der Waals surface area contributed by atoms with E-state index in [1.807, 2.05) is 49.4 Å². The molecule has 0 unspecified atom stereocenters. The monoisotopic (exact) mass is 343 g/mol. The summed E-state index contributed by atoms with van der Waals surface area (Å²) < 4.78 is 6.44. The van der Waals surface area contributed by atoms with Gasteiger partial charge in [0.15, 0.2) is 0 Å². The van der Waals surface area contributed by atoms with E-state index in [9.17, 15) is 0 Å². The molecule has 0 radical (unpaired) electrons. The van der Waals surface area contributed by atoms with Gasteiger partial charge in [0, 0.05) is 15.5 Å². The number of nitrogens with zero attached hydrogens (tertiary/aromatic N) is 2. The van der Waals surface area contributed by atoms with E-state index in [0.717, 1.165) is 32.6 Å². The van der Waals surface area contributed by atoms with Gasteiger partial charge in [-0.1, -0.05) is 15.9 Å². The van der Waals surface area contributed by atoms with Crippen molar-refractivity contribution in [3.63, 3.8) is 0 Å². The molecule has 3 aromatic rings. The lowest BCUT2D eigenvalue weighted by Gasteiger charge is -2.09. The quantitative estimate of drug-likeness (QED) is 0.755. The standard InChI is InChI=1S/C16H14BrN3O/c1-2-21-13-6-4-12(5-7-13)20-16-14-9-11(17)3-8-15(14)18-10-19-16/h3-10H,2H2,1H3,(H,18,19,20). The van der Waals surface area contributed by atoms with Crippen molar-refractivity contribution in [3.8, 4) is 5.75 Å². The van der Waals surface area contributed by atoms with E-state index in [4.69, 9.17) is 4.74 Å². The molecule has 2 aromatic carbocycles. The first-order chi connectivity index (χ1) is 10.3. The van der Waals surface area contributed by atoms with Gasteiger partial charge in [-0.25, -0.2) is 9.97 Å². The third kappa shape index (κ3) is 3.13. The number of aromatic nitrogens is 2. The Morgan fingerprint density at radius 2 is 1.90 bits per heavy atom. The molecule has 5 heteroatoms. The lowest BCUT2D eigenvalue weighted by molar-refractivity contribution is 0.340. The van der Waals surface area contributed by atoms with E-state index in [1.54, 1.807) is 6.33 Å². The smallest absolute Gasteiger partial charge is 0.141 e. The summed E-state index contributed by atoms with van der Waals surface area (Å²) in [6, 6.07) is 13.7. The van der Waals surface area contributed by atoms with Crippen molar-refractivity contribution >= 4 is 38.3 Å². The second-order valence-corrected chi connectivity index (χ2v) is 5.38. The summed E-state index contributed by atoms with van der Waals surface area (Å²) >= 11 is 3.48. The summed E-state index contributed by atoms with van der Waals surface area (Å²) in [5.41, 5.74) is 1.86. The van der Waals surface area contributed by atoms with Crippen molar-refractivity contribution in [1.29, 1.82) is 0 Å². The lowest BCUT2D eigenvalue weighted by Crippen LogP contribution is -1.96. The molecule has 0 spiro atoms. The molecule has 1 aromatic heterocycles. The summed E-state index contributed by atoms with van der Waals surface area (Å²) in [6.45, 7) is 2.63. The maximum absolute atomic E-state index is 5.44. The van der Waals surface area contributed by atoms with Gasteiger partial charge in [-0.05, 0) is 49.4 Å². The molecule has 106 valence electrons. The Kier molecular flexibility index (Phi) is 4.01. The number of halogens is 1. The third-order valence-electron chi connectivity index (χ3n) is 3.03. The summed E-state index contributed by atoms with van der Waals surface area (Å²) in [5.74, 6) is 1.64. The van der Waals surface area contributed by atoms with E-state index in [1.165, 1.54) is 0 Å². The Morgan fingerprint density at radius 1 is 1.10 bits per heavy atom. The number of fused-ring (bicyclic) bond motifs is 1. The predicted molar refractivity (Wildman–Crippen MR) is 88.1 cm³/mol. The predicted octanol–water partition coefficient (Wildman–Crippen LogP) is 4.53. The van der Waals surface area contributed by atoms with E-state index in [0.29, 0.717) is 6.61 Å². The van der Waals surface area contributed by atoms with E-state index < -0.39 is 0 Å². The average Bonchev–Trinajstić information content (AvgIpc) is 2.50. The zero-order valence-electron chi connectivity index (χ0n) is 11.5. The molecule has 0 aliphatic heterocycles. The Morgan fingerprint density at radius 3 is 2.67 bits per heavy atom. The molecule has 3 rings (SSSR count). The minimum atomic E-state index is 0.664. The molecule has 4 nitrogen and oxygen atoms in total. The van der Waals surface area contributed by atoms with Crippen LogP contribution in [0.15, 0.2) is 53.3 Å². The summed E-state index contributed by atoms with van der Waals surface area (Å²) in [7, 11) is 0. The molecule has 0 saturated carbocycles. The Balaban J connectivity index is 1.92. The highest BCUT2D eigenvalue weighted by Crippen LogP contribution is 2.26. The molecular weight excluding hydrogens is 330 g/mol. The molecule has 21 heavy (non-hydrogen) atoms. The molecule has 0 atom stereocenters. The van der Waals surface area contributed by atoms with Crippen LogP contribution in [0.3, 0.4) is 0 Å². The molecule has 0 aliphatic carbocycles. The number of hydrogen-bond acceptors (Lipinski definition) is 4. The van der Waals surface area contributed by atoms with Crippen molar-refractivity contribution in [2.24, 2.45) is 0 Å². The zero-order valence-corrected chi connectivity index (χ0v) is 13.1. The van der Waals surface area contributed by atoms with Gasteiger partial charge in [0.1, 0.15) is 17.9 Å². The van der Waals surface area contributed by atoms with E-state index in [-0.39, 0.29) is 0 Å². The van der Waals surface area contributed by atoms with Gasteiger partial charge in [0.25, 0.3) is 0 Å². The highest BCUT2D eigenvalue weighted by atomic mass is 79.9. The number of nitrogens with one attached hydrogen (secondary N) is 1. The molecule has 1 heterocycles. The van der Waals surface area contributed by atoms with Crippen LogP contribution in [0.25, 0.3) is 10.9 Å². The van der Waals surface area contributed by atoms with Crippen LogP contribution >= 0.6 is 15.9 Å². The second kappa shape index (κ2) is 6.10.